The molecule has 0 amide bonds. The van der Waals surface area contributed by atoms with Gasteiger partial charge in [0.1, 0.15) is 5.82 Å². The minimum absolute atomic E-state index is 0.146. The predicted octanol–water partition coefficient (Wildman–Crippen LogP) is 2.32. The molecule has 1 aliphatic rings. The molecule has 1 heterocycles. The van der Waals surface area contributed by atoms with Gasteiger partial charge in [-0.15, -0.1) is 0 Å². The highest BCUT2D eigenvalue weighted by atomic mass is 19.1. The first-order valence-corrected chi connectivity index (χ1v) is 5.89. The van der Waals surface area contributed by atoms with Crippen LogP contribution in [0.5, 0.6) is 0 Å². The fourth-order valence-corrected chi connectivity index (χ4v) is 2.35. The number of benzene rings is 1. The number of hydrogen-bond donors (Lipinski definition) is 1. The van der Waals surface area contributed by atoms with Gasteiger partial charge in [0.05, 0.1) is 0 Å². The Morgan fingerprint density at radius 1 is 1.44 bits per heavy atom. The minimum Gasteiger partial charge on any atom is -0.370 e. The van der Waals surface area contributed by atoms with Gasteiger partial charge < -0.3 is 10.2 Å². The lowest BCUT2D eigenvalue weighted by molar-refractivity contribution is 0.449. The number of nitrogens with one attached hydrogen (secondary N) is 1. The van der Waals surface area contributed by atoms with E-state index in [0.29, 0.717) is 6.04 Å². The quantitative estimate of drug-likeness (QED) is 0.826. The summed E-state index contributed by atoms with van der Waals surface area (Å²) in [4.78, 5) is 2.28. The van der Waals surface area contributed by atoms with Gasteiger partial charge in [0.25, 0.3) is 0 Å². The van der Waals surface area contributed by atoms with Crippen LogP contribution in [-0.4, -0.2) is 26.2 Å². The molecule has 1 fully saturated rings. The second-order valence-corrected chi connectivity index (χ2v) is 4.50. The van der Waals surface area contributed by atoms with E-state index in [-0.39, 0.29) is 5.82 Å². The standard InChI is InChI=1S/C13H19FN2/c1-10-5-6-11(14)8-13(10)16-7-3-4-12(9-16)15-2/h5-6,8,12,15H,3-4,7,9H2,1-2H3. The molecule has 0 saturated carbocycles. The van der Waals surface area contributed by atoms with Crippen LogP contribution in [-0.2, 0) is 0 Å². The molecule has 3 heteroatoms. The third-order valence-electron chi connectivity index (χ3n) is 3.34. The normalized spacial score (nSPS) is 21.2. The maximum absolute atomic E-state index is 13.2. The minimum atomic E-state index is -0.146. The maximum atomic E-state index is 13.2. The summed E-state index contributed by atoms with van der Waals surface area (Å²) in [5.74, 6) is -0.146. The van der Waals surface area contributed by atoms with Crippen LogP contribution in [0.2, 0.25) is 0 Å². The van der Waals surface area contributed by atoms with Crippen molar-refractivity contribution in [1.82, 2.24) is 5.32 Å². The van der Waals surface area contributed by atoms with E-state index in [0.717, 1.165) is 24.3 Å². The molecule has 0 radical (unpaired) electrons. The Kier molecular flexibility index (Phi) is 3.44. The lowest BCUT2D eigenvalue weighted by Gasteiger charge is -2.35. The van der Waals surface area contributed by atoms with Crippen molar-refractivity contribution in [3.8, 4) is 0 Å². The molecule has 88 valence electrons. The summed E-state index contributed by atoms with van der Waals surface area (Å²) >= 11 is 0. The Morgan fingerprint density at radius 2 is 2.25 bits per heavy atom. The average Bonchev–Trinajstić information content (AvgIpc) is 2.32. The van der Waals surface area contributed by atoms with Crippen molar-refractivity contribution >= 4 is 5.69 Å². The predicted molar refractivity (Wildman–Crippen MR) is 65.4 cm³/mol. The van der Waals surface area contributed by atoms with Gasteiger partial charge in [-0.3, -0.25) is 0 Å². The molecule has 1 unspecified atom stereocenters. The number of halogens is 1. The van der Waals surface area contributed by atoms with E-state index in [1.807, 2.05) is 20.0 Å². The first-order chi connectivity index (χ1) is 7.70. The largest absolute Gasteiger partial charge is 0.370 e. The van der Waals surface area contributed by atoms with Crippen LogP contribution in [0.4, 0.5) is 10.1 Å². The van der Waals surface area contributed by atoms with Crippen LogP contribution >= 0.6 is 0 Å². The number of nitrogens with zero attached hydrogens (tertiary/aromatic N) is 1. The molecule has 2 rings (SSSR count). The van der Waals surface area contributed by atoms with Crippen molar-refractivity contribution < 1.29 is 4.39 Å². The molecule has 1 N–H and O–H groups in total. The maximum Gasteiger partial charge on any atom is 0.125 e. The number of aryl methyl sites for hydroxylation is 1. The summed E-state index contributed by atoms with van der Waals surface area (Å²) in [5.41, 5.74) is 2.19. The summed E-state index contributed by atoms with van der Waals surface area (Å²) in [5, 5.41) is 3.30. The molecule has 2 nitrogen and oxygen atoms in total. The van der Waals surface area contributed by atoms with E-state index >= 15 is 0 Å². The van der Waals surface area contributed by atoms with Gasteiger partial charge in [-0.1, -0.05) is 6.07 Å². The van der Waals surface area contributed by atoms with Gasteiger partial charge in [-0.2, -0.15) is 0 Å². The third kappa shape index (κ3) is 2.35. The van der Waals surface area contributed by atoms with E-state index in [4.69, 9.17) is 0 Å². The van der Waals surface area contributed by atoms with Gasteiger partial charge in [0.2, 0.25) is 0 Å². The zero-order chi connectivity index (χ0) is 11.5. The highest BCUT2D eigenvalue weighted by Crippen LogP contribution is 2.24. The molecule has 1 aromatic rings. The number of anilines is 1. The molecule has 0 spiro atoms. The van der Waals surface area contributed by atoms with Crippen molar-refractivity contribution in [3.05, 3.63) is 29.6 Å². The Bertz CT molecular complexity index is 365. The molecule has 1 aromatic carbocycles. The van der Waals surface area contributed by atoms with Crippen molar-refractivity contribution in [1.29, 1.82) is 0 Å². The lowest BCUT2D eigenvalue weighted by Crippen LogP contribution is -2.44. The second-order valence-electron chi connectivity index (χ2n) is 4.50. The molecule has 16 heavy (non-hydrogen) atoms. The highest BCUT2D eigenvalue weighted by Gasteiger charge is 2.19. The van der Waals surface area contributed by atoms with E-state index in [9.17, 15) is 4.39 Å². The van der Waals surface area contributed by atoms with Crippen LogP contribution < -0.4 is 10.2 Å². The van der Waals surface area contributed by atoms with Gasteiger partial charge in [0.15, 0.2) is 0 Å². The lowest BCUT2D eigenvalue weighted by atomic mass is 10.0. The van der Waals surface area contributed by atoms with Crippen LogP contribution in [0.15, 0.2) is 18.2 Å². The fourth-order valence-electron chi connectivity index (χ4n) is 2.35. The van der Waals surface area contributed by atoms with Crippen LogP contribution in [0, 0.1) is 12.7 Å². The monoisotopic (exact) mass is 222 g/mol. The Morgan fingerprint density at radius 3 is 3.00 bits per heavy atom. The van der Waals surface area contributed by atoms with Crippen molar-refractivity contribution in [3.63, 3.8) is 0 Å². The van der Waals surface area contributed by atoms with Crippen molar-refractivity contribution in [2.45, 2.75) is 25.8 Å². The third-order valence-corrected chi connectivity index (χ3v) is 3.34. The van der Waals surface area contributed by atoms with E-state index in [1.54, 1.807) is 6.07 Å². The zero-order valence-corrected chi connectivity index (χ0v) is 9.96. The zero-order valence-electron chi connectivity index (χ0n) is 9.96. The Hall–Kier alpha value is -1.09. The summed E-state index contributed by atoms with van der Waals surface area (Å²) in [6.07, 6.45) is 2.38. The molecule has 1 saturated heterocycles. The number of likely N-dealkylation sites (N-methyl/N-ethyl adjacent to an activating group) is 1. The van der Waals surface area contributed by atoms with E-state index in [2.05, 4.69) is 10.2 Å². The second kappa shape index (κ2) is 4.83. The topological polar surface area (TPSA) is 15.3 Å². The Balaban J connectivity index is 2.19. The van der Waals surface area contributed by atoms with E-state index in [1.165, 1.54) is 18.9 Å². The smallest absolute Gasteiger partial charge is 0.125 e. The number of rotatable bonds is 2. The molecule has 0 aliphatic carbocycles. The first kappa shape index (κ1) is 11.4. The summed E-state index contributed by atoms with van der Waals surface area (Å²) < 4.78 is 13.2. The van der Waals surface area contributed by atoms with Crippen molar-refractivity contribution in [2.24, 2.45) is 0 Å². The molecule has 1 atom stereocenters. The van der Waals surface area contributed by atoms with Crippen LogP contribution in [0.3, 0.4) is 0 Å². The Labute approximate surface area is 96.5 Å². The fraction of sp³-hybridized carbons (Fsp3) is 0.538. The average molecular weight is 222 g/mol. The van der Waals surface area contributed by atoms with Crippen molar-refractivity contribution in [2.75, 3.05) is 25.0 Å². The number of piperidine rings is 1. The first-order valence-electron chi connectivity index (χ1n) is 5.89. The molecule has 0 aromatic heterocycles. The molecular weight excluding hydrogens is 203 g/mol. The molecule has 0 bridgehead atoms. The van der Waals surface area contributed by atoms with Crippen LogP contribution in [0.25, 0.3) is 0 Å². The molecule has 1 aliphatic heterocycles. The summed E-state index contributed by atoms with van der Waals surface area (Å²) in [6, 6.07) is 5.55. The summed E-state index contributed by atoms with van der Waals surface area (Å²) in [7, 11) is 1.99. The SMILES string of the molecule is CNC1CCCN(c2cc(F)ccc2C)C1. The van der Waals surface area contributed by atoms with Gasteiger partial charge in [0, 0.05) is 24.8 Å². The summed E-state index contributed by atoms with van der Waals surface area (Å²) in [6.45, 7) is 4.04. The van der Waals surface area contributed by atoms with E-state index < -0.39 is 0 Å². The van der Waals surface area contributed by atoms with Gasteiger partial charge in [-0.25, -0.2) is 4.39 Å². The molecular formula is C13H19FN2. The van der Waals surface area contributed by atoms with Gasteiger partial charge >= 0.3 is 0 Å². The van der Waals surface area contributed by atoms with Gasteiger partial charge in [-0.05, 0) is 44.5 Å². The number of hydrogen-bond acceptors (Lipinski definition) is 2. The highest BCUT2D eigenvalue weighted by molar-refractivity contribution is 5.53. The van der Waals surface area contributed by atoms with Crippen LogP contribution in [0.1, 0.15) is 18.4 Å².